The Hall–Kier alpha value is -2.11. The van der Waals surface area contributed by atoms with E-state index in [2.05, 4.69) is 9.97 Å². The molecule has 0 fully saturated rings. The highest BCUT2D eigenvalue weighted by atomic mass is 16.4. The van der Waals surface area contributed by atoms with Gasteiger partial charge >= 0.3 is 11.9 Å². The van der Waals surface area contributed by atoms with Crippen LogP contribution in [0, 0.1) is 0 Å². The molecule has 0 unspecified atom stereocenters. The Morgan fingerprint density at radius 3 is 2.54 bits per heavy atom. The van der Waals surface area contributed by atoms with Crippen molar-refractivity contribution in [2.75, 3.05) is 0 Å². The Kier molecular flexibility index (Phi) is 2.44. The van der Waals surface area contributed by atoms with Crippen LogP contribution in [0.3, 0.4) is 0 Å². The normalized spacial score (nSPS) is 11.2. The number of aromatic amines is 1. The topological polar surface area (TPSA) is 103 Å². The molecule has 0 saturated carbocycles. The molecule has 0 bridgehead atoms. The van der Waals surface area contributed by atoms with Gasteiger partial charge in [0, 0.05) is 18.5 Å². The highest BCUT2D eigenvalue weighted by Crippen LogP contribution is 2.08. The largest absolute Gasteiger partial charge is 0.478 e. The predicted molar refractivity (Wildman–Crippen MR) is 41.8 cm³/mol. The van der Waals surface area contributed by atoms with Gasteiger partial charge < -0.3 is 15.2 Å². The molecule has 68 valence electrons. The van der Waals surface area contributed by atoms with Gasteiger partial charge in [-0.05, 0) is 0 Å². The summed E-state index contributed by atoms with van der Waals surface area (Å²) < 4.78 is 0. The second-order valence-corrected chi connectivity index (χ2v) is 2.14. The SMILES string of the molecule is O=C(O)/C=C(\C(=O)O)c1ncc[nH]1. The molecule has 13 heavy (non-hydrogen) atoms. The van der Waals surface area contributed by atoms with E-state index in [0.717, 1.165) is 0 Å². The summed E-state index contributed by atoms with van der Waals surface area (Å²) in [5.74, 6) is -2.64. The van der Waals surface area contributed by atoms with E-state index in [-0.39, 0.29) is 11.4 Å². The van der Waals surface area contributed by atoms with E-state index in [1.54, 1.807) is 0 Å². The number of aromatic nitrogens is 2. The lowest BCUT2D eigenvalue weighted by atomic mass is 10.2. The van der Waals surface area contributed by atoms with Crippen LogP contribution in [0.1, 0.15) is 5.82 Å². The van der Waals surface area contributed by atoms with Crippen molar-refractivity contribution >= 4 is 17.5 Å². The van der Waals surface area contributed by atoms with E-state index in [9.17, 15) is 9.59 Å². The zero-order valence-corrected chi connectivity index (χ0v) is 6.39. The molecule has 0 amide bonds. The Bertz CT molecular complexity index is 353. The van der Waals surface area contributed by atoms with Crippen molar-refractivity contribution in [1.82, 2.24) is 9.97 Å². The van der Waals surface area contributed by atoms with Gasteiger partial charge in [0.1, 0.15) is 11.4 Å². The van der Waals surface area contributed by atoms with Crippen LogP contribution in [-0.4, -0.2) is 32.1 Å². The number of nitrogens with one attached hydrogen (secondary N) is 1. The maximum atomic E-state index is 10.5. The number of imidazole rings is 1. The molecule has 6 nitrogen and oxygen atoms in total. The molecular formula is C7H6N2O4. The Morgan fingerprint density at radius 1 is 1.46 bits per heavy atom. The van der Waals surface area contributed by atoms with Gasteiger partial charge in [-0.25, -0.2) is 14.6 Å². The molecule has 1 aromatic heterocycles. The number of rotatable bonds is 3. The van der Waals surface area contributed by atoms with Crippen LogP contribution >= 0.6 is 0 Å². The van der Waals surface area contributed by atoms with Gasteiger partial charge in [0.15, 0.2) is 0 Å². The molecule has 3 N–H and O–H groups in total. The van der Waals surface area contributed by atoms with Gasteiger partial charge in [-0.3, -0.25) is 0 Å². The number of hydrogen-bond acceptors (Lipinski definition) is 3. The zero-order valence-electron chi connectivity index (χ0n) is 6.39. The molecule has 0 atom stereocenters. The van der Waals surface area contributed by atoms with E-state index >= 15 is 0 Å². The summed E-state index contributed by atoms with van der Waals surface area (Å²) in [4.78, 5) is 26.9. The molecule has 0 saturated heterocycles. The van der Waals surface area contributed by atoms with Crippen LogP contribution in [0.5, 0.6) is 0 Å². The standard InChI is InChI=1S/C7H6N2O4/c10-5(11)3-4(7(12)13)6-8-1-2-9-6/h1-3H,(H,8,9)(H,10,11)(H,12,13)/b4-3-. The van der Waals surface area contributed by atoms with Gasteiger partial charge in [-0.2, -0.15) is 0 Å². The van der Waals surface area contributed by atoms with Crippen molar-refractivity contribution in [3.05, 3.63) is 24.3 Å². The number of H-pyrrole nitrogens is 1. The van der Waals surface area contributed by atoms with E-state index < -0.39 is 11.9 Å². The summed E-state index contributed by atoms with van der Waals surface area (Å²) in [5, 5.41) is 17.0. The molecule has 0 spiro atoms. The van der Waals surface area contributed by atoms with E-state index in [4.69, 9.17) is 10.2 Å². The van der Waals surface area contributed by atoms with Gasteiger partial charge in [-0.1, -0.05) is 0 Å². The summed E-state index contributed by atoms with van der Waals surface area (Å²) in [6.07, 6.45) is 3.34. The average Bonchev–Trinajstić information content (AvgIpc) is 2.50. The molecular weight excluding hydrogens is 176 g/mol. The molecule has 0 aliphatic carbocycles. The first-order valence-electron chi connectivity index (χ1n) is 3.29. The third-order valence-corrected chi connectivity index (χ3v) is 1.25. The lowest BCUT2D eigenvalue weighted by molar-refractivity contribution is -0.133. The summed E-state index contributed by atoms with van der Waals surface area (Å²) in [7, 11) is 0. The minimum Gasteiger partial charge on any atom is -0.478 e. The maximum Gasteiger partial charge on any atom is 0.339 e. The molecule has 0 aliphatic heterocycles. The minimum absolute atomic E-state index is 0.0231. The smallest absolute Gasteiger partial charge is 0.339 e. The summed E-state index contributed by atoms with van der Waals surface area (Å²) in [6, 6.07) is 0. The van der Waals surface area contributed by atoms with Crippen LogP contribution in [0.15, 0.2) is 18.5 Å². The van der Waals surface area contributed by atoms with Gasteiger partial charge in [0.25, 0.3) is 0 Å². The lowest BCUT2D eigenvalue weighted by Gasteiger charge is -1.94. The third-order valence-electron chi connectivity index (χ3n) is 1.25. The molecule has 1 aromatic rings. The van der Waals surface area contributed by atoms with Crippen molar-refractivity contribution in [2.24, 2.45) is 0 Å². The van der Waals surface area contributed by atoms with Crippen LogP contribution in [0.4, 0.5) is 0 Å². The highest BCUT2D eigenvalue weighted by Gasteiger charge is 2.13. The second-order valence-electron chi connectivity index (χ2n) is 2.14. The van der Waals surface area contributed by atoms with Crippen molar-refractivity contribution in [3.8, 4) is 0 Å². The fraction of sp³-hybridized carbons (Fsp3) is 0. The molecule has 1 heterocycles. The number of carbonyl (C=O) groups is 2. The predicted octanol–water partition coefficient (Wildman–Crippen LogP) is -0.0377. The van der Waals surface area contributed by atoms with Crippen molar-refractivity contribution in [2.45, 2.75) is 0 Å². The summed E-state index contributed by atoms with van der Waals surface area (Å²) in [6.45, 7) is 0. The Morgan fingerprint density at radius 2 is 2.15 bits per heavy atom. The van der Waals surface area contributed by atoms with E-state index in [1.165, 1.54) is 12.4 Å². The molecule has 0 aromatic carbocycles. The second kappa shape index (κ2) is 3.53. The maximum absolute atomic E-state index is 10.5. The molecule has 1 rings (SSSR count). The summed E-state index contributed by atoms with van der Waals surface area (Å²) >= 11 is 0. The monoisotopic (exact) mass is 182 g/mol. The quantitative estimate of drug-likeness (QED) is 0.569. The van der Waals surface area contributed by atoms with Gasteiger partial charge in [0.2, 0.25) is 0 Å². The van der Waals surface area contributed by atoms with Crippen LogP contribution in [-0.2, 0) is 9.59 Å². The number of carboxylic acids is 2. The average molecular weight is 182 g/mol. The van der Waals surface area contributed by atoms with Crippen molar-refractivity contribution in [3.63, 3.8) is 0 Å². The number of carboxylic acid groups (broad SMARTS) is 2. The van der Waals surface area contributed by atoms with Gasteiger partial charge in [0.05, 0.1) is 0 Å². The van der Waals surface area contributed by atoms with Crippen LogP contribution in [0.25, 0.3) is 5.57 Å². The van der Waals surface area contributed by atoms with Crippen LogP contribution < -0.4 is 0 Å². The van der Waals surface area contributed by atoms with Crippen molar-refractivity contribution < 1.29 is 19.8 Å². The first-order valence-corrected chi connectivity index (χ1v) is 3.29. The van der Waals surface area contributed by atoms with Gasteiger partial charge in [-0.15, -0.1) is 0 Å². The lowest BCUT2D eigenvalue weighted by Crippen LogP contribution is -2.04. The highest BCUT2D eigenvalue weighted by molar-refractivity contribution is 6.18. The number of hydrogen-bond donors (Lipinski definition) is 3. The van der Waals surface area contributed by atoms with E-state index in [0.29, 0.717) is 6.08 Å². The van der Waals surface area contributed by atoms with Crippen LogP contribution in [0.2, 0.25) is 0 Å². The molecule has 0 radical (unpaired) electrons. The zero-order chi connectivity index (χ0) is 9.84. The first kappa shape index (κ1) is 8.98. The fourth-order valence-corrected chi connectivity index (χ4v) is 0.767. The molecule has 0 aliphatic rings. The van der Waals surface area contributed by atoms with Crippen molar-refractivity contribution in [1.29, 1.82) is 0 Å². The first-order chi connectivity index (χ1) is 6.11. The number of nitrogens with zero attached hydrogens (tertiary/aromatic N) is 1. The van der Waals surface area contributed by atoms with E-state index in [1.807, 2.05) is 0 Å². The Labute approximate surface area is 72.5 Å². The Balaban J connectivity index is 3.08. The minimum atomic E-state index is -1.34. The third kappa shape index (κ3) is 2.16. The fourth-order valence-electron chi connectivity index (χ4n) is 0.767. The summed E-state index contributed by atoms with van der Waals surface area (Å²) in [5.41, 5.74) is -0.377. The molecule has 6 heteroatoms. The number of aliphatic carboxylic acids is 2.